The Hall–Kier alpha value is -2.15. The van der Waals surface area contributed by atoms with Crippen molar-refractivity contribution in [2.45, 2.75) is 43.1 Å². The van der Waals surface area contributed by atoms with Crippen molar-refractivity contribution in [2.24, 2.45) is 0 Å². The highest BCUT2D eigenvalue weighted by atomic mass is 32.2. The number of nitrogens with one attached hydrogen (secondary N) is 1. The molecule has 6 heteroatoms. The number of aromatic nitrogens is 1. The molecule has 2 aromatic carbocycles. The van der Waals surface area contributed by atoms with Gasteiger partial charge in [0, 0.05) is 5.38 Å². The molecule has 3 aromatic rings. The summed E-state index contributed by atoms with van der Waals surface area (Å²) < 4.78 is 0.881. The summed E-state index contributed by atoms with van der Waals surface area (Å²) >= 11 is 3.03. The van der Waals surface area contributed by atoms with Crippen LogP contribution in [0.2, 0.25) is 0 Å². The summed E-state index contributed by atoms with van der Waals surface area (Å²) in [5, 5.41) is 3.86. The van der Waals surface area contributed by atoms with Crippen molar-refractivity contribution < 1.29 is 4.79 Å². The van der Waals surface area contributed by atoms with Crippen molar-refractivity contribution in [3.05, 3.63) is 82.9 Å². The number of thioether (sulfide) groups is 1. The van der Waals surface area contributed by atoms with E-state index in [1.54, 1.807) is 11.8 Å². The Kier molecular flexibility index (Phi) is 6.46. The van der Waals surface area contributed by atoms with Gasteiger partial charge < -0.3 is 0 Å². The maximum atomic E-state index is 13.1. The van der Waals surface area contributed by atoms with Gasteiger partial charge in [0.2, 0.25) is 0 Å². The molecule has 1 heterocycles. The van der Waals surface area contributed by atoms with Gasteiger partial charge in [-0.2, -0.15) is 0 Å². The Labute approximate surface area is 181 Å². The third-order valence-corrected chi connectivity index (χ3v) is 7.05. The molecule has 0 radical (unpaired) electrons. The van der Waals surface area contributed by atoms with Gasteiger partial charge in [-0.25, -0.2) is 9.99 Å². The highest BCUT2D eigenvalue weighted by Gasteiger charge is 2.41. The Morgan fingerprint density at radius 2 is 1.41 bits per heavy atom. The maximum absolute atomic E-state index is 13.1. The number of carbonyl (C=O) groups is 1. The monoisotopic (exact) mass is 425 g/mol. The molecular weight excluding hydrogens is 398 g/mol. The normalized spacial score (nSPS) is 12.2. The van der Waals surface area contributed by atoms with E-state index in [2.05, 4.69) is 62.4 Å². The van der Waals surface area contributed by atoms with E-state index in [0.29, 0.717) is 5.69 Å². The van der Waals surface area contributed by atoms with E-state index >= 15 is 0 Å². The van der Waals surface area contributed by atoms with Crippen LogP contribution >= 0.6 is 23.1 Å². The molecule has 0 spiro atoms. The highest BCUT2D eigenvalue weighted by Crippen LogP contribution is 2.37. The third-order valence-electron chi connectivity index (χ3n) is 5.18. The topological polar surface area (TPSA) is 45.2 Å². The maximum Gasteiger partial charge on any atom is 0.285 e. The van der Waals surface area contributed by atoms with Crippen LogP contribution in [0, 0.1) is 0 Å². The molecule has 29 heavy (non-hydrogen) atoms. The minimum absolute atomic E-state index is 0.199. The van der Waals surface area contributed by atoms with Crippen LogP contribution in [0.25, 0.3) is 0 Å². The number of nitrogens with zero attached hydrogens (tertiary/aromatic N) is 2. The fraction of sp³-hybridized carbons (Fsp3) is 0.304. The van der Waals surface area contributed by atoms with E-state index in [1.165, 1.54) is 11.3 Å². The molecule has 4 nitrogen and oxygen atoms in total. The minimum Gasteiger partial charge on any atom is -0.282 e. The van der Waals surface area contributed by atoms with Gasteiger partial charge in [0.1, 0.15) is 5.69 Å². The number of hydrazine groups is 1. The average Bonchev–Trinajstić information content (AvgIpc) is 3.22. The van der Waals surface area contributed by atoms with Crippen LogP contribution in [-0.2, 0) is 11.1 Å². The van der Waals surface area contributed by atoms with Crippen molar-refractivity contribution in [2.75, 3.05) is 6.26 Å². The van der Waals surface area contributed by atoms with Gasteiger partial charge in [0.05, 0.1) is 11.1 Å². The molecule has 0 aliphatic carbocycles. The van der Waals surface area contributed by atoms with Crippen molar-refractivity contribution in [3.8, 4) is 0 Å². The molecule has 0 aliphatic heterocycles. The number of hydrogen-bond acceptors (Lipinski definition) is 5. The molecule has 152 valence electrons. The lowest BCUT2D eigenvalue weighted by Gasteiger charge is -2.48. The van der Waals surface area contributed by atoms with Crippen LogP contribution in [0.4, 0.5) is 0 Å². The lowest BCUT2D eigenvalue weighted by Crippen LogP contribution is -2.60. The summed E-state index contributed by atoms with van der Waals surface area (Å²) in [4.78, 5) is 17.6. The summed E-state index contributed by atoms with van der Waals surface area (Å²) in [6.45, 7) is 8.51. The van der Waals surface area contributed by atoms with E-state index < -0.39 is 11.1 Å². The number of hydrogen-bond donors (Lipinski definition) is 1. The van der Waals surface area contributed by atoms with Gasteiger partial charge in [0.15, 0.2) is 4.34 Å². The Morgan fingerprint density at radius 3 is 1.83 bits per heavy atom. The van der Waals surface area contributed by atoms with Crippen LogP contribution in [0.1, 0.15) is 49.3 Å². The van der Waals surface area contributed by atoms with Gasteiger partial charge in [-0.15, -0.1) is 11.3 Å². The number of benzene rings is 2. The van der Waals surface area contributed by atoms with Gasteiger partial charge in [-0.3, -0.25) is 10.2 Å². The second kappa shape index (κ2) is 8.69. The lowest BCUT2D eigenvalue weighted by molar-refractivity contribution is -0.0334. The second-order valence-corrected chi connectivity index (χ2v) is 9.74. The molecular formula is C23H27N3OS2. The Morgan fingerprint density at radius 1 is 0.931 bits per heavy atom. The fourth-order valence-electron chi connectivity index (χ4n) is 3.54. The average molecular weight is 426 g/mol. The highest BCUT2D eigenvalue weighted by molar-refractivity contribution is 8.00. The zero-order valence-electron chi connectivity index (χ0n) is 17.5. The van der Waals surface area contributed by atoms with Gasteiger partial charge in [-0.1, -0.05) is 72.4 Å². The smallest absolute Gasteiger partial charge is 0.282 e. The quantitative estimate of drug-likeness (QED) is 0.391. The van der Waals surface area contributed by atoms with Crippen LogP contribution < -0.4 is 5.43 Å². The molecule has 1 N–H and O–H groups in total. The molecule has 3 rings (SSSR count). The minimum atomic E-state index is -0.464. The molecule has 0 saturated carbocycles. The van der Waals surface area contributed by atoms with E-state index in [4.69, 9.17) is 0 Å². The molecule has 0 unspecified atom stereocenters. The van der Waals surface area contributed by atoms with E-state index in [9.17, 15) is 4.79 Å². The summed E-state index contributed by atoms with van der Waals surface area (Å²) in [5.41, 5.74) is 4.93. The molecule has 0 saturated heterocycles. The van der Waals surface area contributed by atoms with Crippen molar-refractivity contribution >= 4 is 29.0 Å². The first-order valence-corrected chi connectivity index (χ1v) is 11.6. The zero-order valence-corrected chi connectivity index (χ0v) is 19.1. The largest absolute Gasteiger partial charge is 0.285 e. The standard InChI is InChI=1S/C23H27N3OS2/c1-22(2,17-12-8-6-9-13-17)26(23(3,4)18-14-10-7-11-15-18)25-20(27)19-16-29-21(24-19)28-5/h6-16H,1-5H3,(H,25,27). The number of rotatable bonds is 7. The van der Waals surface area contributed by atoms with Crippen LogP contribution in [0.15, 0.2) is 70.4 Å². The number of carbonyl (C=O) groups excluding carboxylic acids is 1. The first kappa shape index (κ1) is 21.6. The summed E-state index contributed by atoms with van der Waals surface area (Å²) in [5.74, 6) is -0.199. The van der Waals surface area contributed by atoms with Gasteiger partial charge >= 0.3 is 0 Å². The third kappa shape index (κ3) is 4.55. The Bertz CT molecular complexity index is 901. The second-order valence-electron chi connectivity index (χ2n) is 7.83. The van der Waals surface area contributed by atoms with Crippen LogP contribution in [-0.4, -0.2) is 22.2 Å². The molecule has 0 bridgehead atoms. The lowest BCUT2D eigenvalue weighted by atomic mass is 9.85. The van der Waals surface area contributed by atoms with Gasteiger partial charge in [0.25, 0.3) is 5.91 Å². The molecule has 0 atom stereocenters. The van der Waals surface area contributed by atoms with Crippen molar-refractivity contribution in [3.63, 3.8) is 0 Å². The predicted octanol–water partition coefficient (Wildman–Crippen LogP) is 5.68. The van der Waals surface area contributed by atoms with E-state index in [0.717, 1.165) is 15.5 Å². The summed E-state index contributed by atoms with van der Waals surface area (Å²) in [6.07, 6.45) is 1.96. The number of amides is 1. The summed E-state index contributed by atoms with van der Waals surface area (Å²) in [7, 11) is 0. The van der Waals surface area contributed by atoms with Crippen molar-refractivity contribution in [1.29, 1.82) is 0 Å². The molecule has 0 fully saturated rings. The van der Waals surface area contributed by atoms with Crippen molar-refractivity contribution in [1.82, 2.24) is 15.4 Å². The first-order valence-electron chi connectivity index (χ1n) is 9.48. The molecule has 1 aromatic heterocycles. The zero-order chi connectivity index (χ0) is 21.1. The molecule has 0 aliphatic rings. The fourth-order valence-corrected chi connectivity index (χ4v) is 4.78. The SMILES string of the molecule is CSc1nc(C(=O)NN(C(C)(C)c2ccccc2)C(C)(C)c2ccccc2)cs1. The number of thiazole rings is 1. The predicted molar refractivity (Wildman–Crippen MR) is 122 cm³/mol. The first-order chi connectivity index (χ1) is 13.8. The van der Waals surface area contributed by atoms with Crippen LogP contribution in [0.5, 0.6) is 0 Å². The van der Waals surface area contributed by atoms with Gasteiger partial charge in [-0.05, 0) is 45.1 Å². The summed E-state index contributed by atoms with van der Waals surface area (Å²) in [6, 6.07) is 20.5. The van der Waals surface area contributed by atoms with E-state index in [1.807, 2.05) is 53.0 Å². The molecule has 1 amide bonds. The van der Waals surface area contributed by atoms with E-state index in [-0.39, 0.29) is 5.91 Å². The Balaban J connectivity index is 2.02. The van der Waals surface area contributed by atoms with Crippen LogP contribution in [0.3, 0.4) is 0 Å².